The molecule has 1 aromatic heterocycles. The second-order valence-electron chi connectivity index (χ2n) is 4.76. The van der Waals surface area contributed by atoms with Crippen molar-refractivity contribution in [2.45, 2.75) is 19.9 Å². The summed E-state index contributed by atoms with van der Waals surface area (Å²) in [5, 5.41) is 13.5. The molecule has 1 aromatic carbocycles. The number of amides is 1. The first-order chi connectivity index (χ1) is 9.99. The third kappa shape index (κ3) is 3.42. The van der Waals surface area contributed by atoms with E-state index >= 15 is 0 Å². The molecule has 0 aliphatic rings. The van der Waals surface area contributed by atoms with Gasteiger partial charge in [-0.2, -0.15) is 4.57 Å². The molecule has 1 atom stereocenters. The van der Waals surface area contributed by atoms with E-state index in [4.69, 9.17) is 0 Å². The summed E-state index contributed by atoms with van der Waals surface area (Å²) in [4.78, 5) is 22.6. The first-order valence-electron chi connectivity index (χ1n) is 6.50. The molecule has 1 N–H and O–H groups in total. The summed E-state index contributed by atoms with van der Waals surface area (Å²) in [5.41, 5.74) is 1.18. The number of carbonyl (C=O) groups excluding carboxylic acids is 1. The number of hydrogen-bond donors (Lipinski definition) is 1. The summed E-state index contributed by atoms with van der Waals surface area (Å²) in [6.45, 7) is 3.70. The smallest absolute Gasteiger partial charge is 0.293 e. The number of nitro groups is 1. The first kappa shape index (κ1) is 14.6. The molecule has 0 aliphatic heterocycles. The highest BCUT2D eigenvalue weighted by molar-refractivity contribution is 5.94. The van der Waals surface area contributed by atoms with E-state index in [1.165, 1.54) is 12.1 Å². The van der Waals surface area contributed by atoms with Gasteiger partial charge in [-0.15, -0.1) is 0 Å². The van der Waals surface area contributed by atoms with Gasteiger partial charge in [-0.05, 0) is 18.6 Å². The topological polar surface area (TPSA) is 76.1 Å². The number of nitro benzene ring substituents is 1. The molecule has 0 radical (unpaired) electrons. The predicted octanol–water partition coefficient (Wildman–Crippen LogP) is 2.39. The van der Waals surface area contributed by atoms with Crippen LogP contribution < -0.4 is 9.88 Å². The lowest BCUT2D eigenvalue weighted by Crippen LogP contribution is -2.44. The molecule has 0 aliphatic carbocycles. The van der Waals surface area contributed by atoms with E-state index in [1.54, 1.807) is 36.0 Å². The Morgan fingerprint density at radius 1 is 1.24 bits per heavy atom. The molecule has 1 heterocycles. The van der Waals surface area contributed by atoms with E-state index in [0.717, 1.165) is 5.56 Å². The Morgan fingerprint density at radius 2 is 1.86 bits per heavy atom. The van der Waals surface area contributed by atoms with Crippen molar-refractivity contribution in [3.8, 4) is 0 Å². The van der Waals surface area contributed by atoms with Crippen LogP contribution in [-0.2, 0) is 4.79 Å². The van der Waals surface area contributed by atoms with Crippen molar-refractivity contribution in [2.75, 3.05) is 5.32 Å². The molecule has 2 aromatic rings. The highest BCUT2D eigenvalue weighted by Crippen LogP contribution is 2.23. The zero-order valence-corrected chi connectivity index (χ0v) is 11.8. The standard InChI is InChI=1S/C15H15N3O3/c1-11-7-9-17(10-8-11)12(2)15(19)16-13-5-3-4-6-14(13)18(20)21/h3-10,12H,1-2H3/p+1/t12-/m1/s1. The van der Waals surface area contributed by atoms with Gasteiger partial charge in [-0.3, -0.25) is 14.9 Å². The Labute approximate surface area is 122 Å². The molecule has 0 unspecified atom stereocenters. The monoisotopic (exact) mass is 286 g/mol. The molecule has 21 heavy (non-hydrogen) atoms. The Balaban J connectivity index is 2.18. The first-order valence-corrected chi connectivity index (χ1v) is 6.50. The lowest BCUT2D eigenvalue weighted by molar-refractivity contribution is -0.705. The minimum absolute atomic E-state index is 0.119. The van der Waals surface area contributed by atoms with Gasteiger partial charge in [0.15, 0.2) is 12.4 Å². The lowest BCUT2D eigenvalue weighted by atomic mass is 10.2. The van der Waals surface area contributed by atoms with Crippen molar-refractivity contribution in [2.24, 2.45) is 0 Å². The molecule has 0 fully saturated rings. The van der Waals surface area contributed by atoms with Crippen molar-refractivity contribution >= 4 is 17.3 Å². The second-order valence-corrected chi connectivity index (χ2v) is 4.76. The molecule has 1 amide bonds. The van der Waals surface area contributed by atoms with E-state index in [9.17, 15) is 14.9 Å². The average Bonchev–Trinajstić information content (AvgIpc) is 2.47. The van der Waals surface area contributed by atoms with Crippen LogP contribution in [0.2, 0.25) is 0 Å². The van der Waals surface area contributed by atoms with Crippen LogP contribution in [0.3, 0.4) is 0 Å². The van der Waals surface area contributed by atoms with Crippen LogP contribution in [-0.4, -0.2) is 10.8 Å². The number of para-hydroxylation sites is 2. The van der Waals surface area contributed by atoms with Gasteiger partial charge in [0.25, 0.3) is 11.6 Å². The van der Waals surface area contributed by atoms with Crippen molar-refractivity contribution in [1.82, 2.24) is 0 Å². The van der Waals surface area contributed by atoms with Crippen molar-refractivity contribution in [1.29, 1.82) is 0 Å². The minimum Gasteiger partial charge on any atom is -0.315 e. The number of nitrogens with one attached hydrogen (secondary N) is 1. The Morgan fingerprint density at radius 3 is 2.48 bits per heavy atom. The second kappa shape index (κ2) is 6.13. The van der Waals surface area contributed by atoms with Crippen molar-refractivity contribution in [3.63, 3.8) is 0 Å². The number of pyridine rings is 1. The van der Waals surface area contributed by atoms with Crippen LogP contribution in [0, 0.1) is 17.0 Å². The number of hydrogen-bond acceptors (Lipinski definition) is 3. The van der Waals surface area contributed by atoms with E-state index in [0.29, 0.717) is 0 Å². The summed E-state index contributed by atoms with van der Waals surface area (Å²) >= 11 is 0. The quantitative estimate of drug-likeness (QED) is 0.532. The maximum absolute atomic E-state index is 12.2. The van der Waals surface area contributed by atoms with Crippen LogP contribution in [0.25, 0.3) is 0 Å². The summed E-state index contributed by atoms with van der Waals surface area (Å²) < 4.78 is 1.75. The van der Waals surface area contributed by atoms with E-state index in [2.05, 4.69) is 5.32 Å². The van der Waals surface area contributed by atoms with E-state index in [1.807, 2.05) is 19.1 Å². The van der Waals surface area contributed by atoms with Gasteiger partial charge in [0.05, 0.1) is 4.92 Å². The molecular formula is C15H16N3O3+. The summed E-state index contributed by atoms with van der Waals surface area (Å²) in [6, 6.07) is 9.41. The number of carbonyl (C=O) groups is 1. The zero-order valence-electron chi connectivity index (χ0n) is 11.8. The third-order valence-electron chi connectivity index (χ3n) is 3.20. The normalized spacial score (nSPS) is 11.7. The van der Waals surface area contributed by atoms with Gasteiger partial charge in [-0.1, -0.05) is 12.1 Å². The average molecular weight is 286 g/mol. The van der Waals surface area contributed by atoms with Crippen molar-refractivity contribution in [3.05, 3.63) is 64.5 Å². The molecule has 2 rings (SSSR count). The summed E-state index contributed by atoms with van der Waals surface area (Å²) in [6.07, 6.45) is 3.61. The summed E-state index contributed by atoms with van der Waals surface area (Å²) in [5.74, 6) is -0.307. The van der Waals surface area contributed by atoms with Crippen LogP contribution in [0.4, 0.5) is 11.4 Å². The maximum atomic E-state index is 12.2. The predicted molar refractivity (Wildman–Crippen MR) is 77.8 cm³/mol. The van der Waals surface area contributed by atoms with Crippen LogP contribution in [0.1, 0.15) is 18.5 Å². The number of aryl methyl sites for hydroxylation is 1. The fraction of sp³-hybridized carbons (Fsp3) is 0.200. The lowest BCUT2D eigenvalue weighted by Gasteiger charge is -2.09. The molecule has 0 saturated carbocycles. The Bertz CT molecular complexity index is 668. The summed E-state index contributed by atoms with van der Waals surface area (Å²) in [7, 11) is 0. The van der Waals surface area contributed by atoms with E-state index < -0.39 is 11.0 Å². The van der Waals surface area contributed by atoms with E-state index in [-0.39, 0.29) is 17.3 Å². The molecule has 0 spiro atoms. The molecule has 6 nitrogen and oxygen atoms in total. The SMILES string of the molecule is Cc1cc[n+]([C@H](C)C(=O)Nc2ccccc2[N+](=O)[O-])cc1. The number of anilines is 1. The minimum atomic E-state index is -0.515. The fourth-order valence-corrected chi connectivity index (χ4v) is 1.88. The van der Waals surface area contributed by atoms with Gasteiger partial charge in [-0.25, -0.2) is 0 Å². The number of aromatic nitrogens is 1. The van der Waals surface area contributed by atoms with Crippen LogP contribution >= 0.6 is 0 Å². The number of benzene rings is 1. The van der Waals surface area contributed by atoms with Gasteiger partial charge in [0.1, 0.15) is 5.69 Å². The van der Waals surface area contributed by atoms with Gasteiger partial charge < -0.3 is 5.32 Å². The molecule has 6 heteroatoms. The Hall–Kier alpha value is -2.76. The Kier molecular flexibility index (Phi) is 4.27. The van der Waals surface area contributed by atoms with Crippen molar-refractivity contribution < 1.29 is 14.3 Å². The highest BCUT2D eigenvalue weighted by atomic mass is 16.6. The van der Waals surface area contributed by atoms with Gasteiger partial charge in [0.2, 0.25) is 6.04 Å². The van der Waals surface area contributed by atoms with Gasteiger partial charge >= 0.3 is 0 Å². The zero-order chi connectivity index (χ0) is 15.4. The van der Waals surface area contributed by atoms with Gasteiger partial charge in [0, 0.05) is 25.1 Å². The maximum Gasteiger partial charge on any atom is 0.293 e. The molecule has 0 bridgehead atoms. The largest absolute Gasteiger partial charge is 0.315 e. The molecule has 0 saturated heterocycles. The highest BCUT2D eigenvalue weighted by Gasteiger charge is 2.24. The van der Waals surface area contributed by atoms with Crippen LogP contribution in [0.5, 0.6) is 0 Å². The molecular weight excluding hydrogens is 270 g/mol. The third-order valence-corrected chi connectivity index (χ3v) is 3.20. The number of nitrogens with zero attached hydrogens (tertiary/aromatic N) is 2. The number of rotatable bonds is 4. The fourth-order valence-electron chi connectivity index (χ4n) is 1.88. The molecule has 108 valence electrons. The van der Waals surface area contributed by atoms with Crippen LogP contribution in [0.15, 0.2) is 48.8 Å².